The van der Waals surface area contributed by atoms with Gasteiger partial charge in [0.05, 0.1) is 35.2 Å². The number of aromatic hydroxyl groups is 1. The van der Waals surface area contributed by atoms with E-state index in [-0.39, 0.29) is 36.6 Å². The standard InChI is InChI=1S/C24H23BrN2O8/c1-34-11-12-7-17-21(23(30)26(22(17)29)14-3-2-4-15(9-14)27(32)33)18-10-20(35-24(12,18)31)16-8-13(25)5-6-19(16)28/h2-6,8-9,12,17-18,20-21,28,31H,7,10-11H2,1H3/t12-,17+,18+,20+,21+,24-/m1/s1. The number of hydrogen-bond donors (Lipinski definition) is 2. The number of benzene rings is 2. The maximum Gasteiger partial charge on any atom is 0.271 e. The Hall–Kier alpha value is -2.86. The quantitative estimate of drug-likeness (QED) is 0.330. The zero-order valence-electron chi connectivity index (χ0n) is 18.7. The Labute approximate surface area is 208 Å². The molecule has 10 nitrogen and oxygen atoms in total. The Balaban J connectivity index is 1.54. The number of rotatable bonds is 5. The molecule has 0 unspecified atom stereocenters. The van der Waals surface area contributed by atoms with Gasteiger partial charge in [-0.15, -0.1) is 0 Å². The highest BCUT2D eigenvalue weighted by Gasteiger charge is 2.67. The molecular formula is C24H23BrN2O8. The highest BCUT2D eigenvalue weighted by Crippen LogP contribution is 2.59. The van der Waals surface area contributed by atoms with Gasteiger partial charge in [-0.25, -0.2) is 4.90 Å². The van der Waals surface area contributed by atoms with Crippen molar-refractivity contribution in [2.24, 2.45) is 23.7 Å². The van der Waals surface area contributed by atoms with Gasteiger partial charge in [-0.05, 0) is 37.1 Å². The van der Waals surface area contributed by atoms with Crippen molar-refractivity contribution >= 4 is 39.1 Å². The lowest BCUT2D eigenvalue weighted by atomic mass is 9.64. The summed E-state index contributed by atoms with van der Waals surface area (Å²) in [6.45, 7) is 0.103. The first-order chi connectivity index (χ1) is 16.7. The number of nitro benzene ring substituents is 1. The molecule has 2 N–H and O–H groups in total. The van der Waals surface area contributed by atoms with Gasteiger partial charge in [0.1, 0.15) is 5.75 Å². The number of phenolic OH excluding ortho intramolecular Hbond substituents is 1. The molecule has 2 aromatic carbocycles. The van der Waals surface area contributed by atoms with Crippen LogP contribution >= 0.6 is 15.9 Å². The van der Waals surface area contributed by atoms with Crippen LogP contribution in [-0.4, -0.2) is 46.5 Å². The molecule has 2 heterocycles. The van der Waals surface area contributed by atoms with E-state index in [0.717, 1.165) is 4.90 Å². The zero-order chi connectivity index (χ0) is 25.1. The van der Waals surface area contributed by atoms with Crippen LogP contribution < -0.4 is 4.90 Å². The van der Waals surface area contributed by atoms with Gasteiger partial charge >= 0.3 is 0 Å². The highest BCUT2D eigenvalue weighted by atomic mass is 79.9. The van der Waals surface area contributed by atoms with E-state index in [4.69, 9.17) is 9.47 Å². The van der Waals surface area contributed by atoms with E-state index >= 15 is 0 Å². The molecule has 0 radical (unpaired) electrons. The molecule has 5 rings (SSSR count). The van der Waals surface area contributed by atoms with Gasteiger partial charge in [0.25, 0.3) is 5.69 Å². The number of fused-ring (bicyclic) bond motifs is 3. The second kappa shape index (κ2) is 8.66. The second-order valence-corrected chi connectivity index (χ2v) is 10.1. The van der Waals surface area contributed by atoms with Crippen molar-refractivity contribution in [1.82, 2.24) is 0 Å². The molecule has 0 spiro atoms. The van der Waals surface area contributed by atoms with E-state index in [1.807, 2.05) is 0 Å². The first-order valence-electron chi connectivity index (χ1n) is 11.2. The summed E-state index contributed by atoms with van der Waals surface area (Å²) in [5, 5.41) is 33.4. The van der Waals surface area contributed by atoms with Crippen LogP contribution in [0.2, 0.25) is 0 Å². The van der Waals surface area contributed by atoms with Gasteiger partial charge in [-0.1, -0.05) is 22.0 Å². The molecule has 2 amide bonds. The Morgan fingerprint density at radius 3 is 2.71 bits per heavy atom. The van der Waals surface area contributed by atoms with Gasteiger partial charge in [0.15, 0.2) is 5.79 Å². The summed E-state index contributed by atoms with van der Waals surface area (Å²) < 4.78 is 12.2. The molecule has 3 fully saturated rings. The van der Waals surface area contributed by atoms with Crippen LogP contribution in [0.3, 0.4) is 0 Å². The van der Waals surface area contributed by atoms with Crippen LogP contribution in [0.1, 0.15) is 24.5 Å². The fraction of sp³-hybridized carbons (Fsp3) is 0.417. The van der Waals surface area contributed by atoms with Crippen molar-refractivity contribution in [2.75, 3.05) is 18.6 Å². The van der Waals surface area contributed by atoms with Gasteiger partial charge in [-0.2, -0.15) is 0 Å². The maximum absolute atomic E-state index is 13.6. The number of amides is 2. The molecule has 0 aromatic heterocycles. The predicted octanol–water partition coefficient (Wildman–Crippen LogP) is 3.30. The summed E-state index contributed by atoms with van der Waals surface area (Å²) in [7, 11) is 1.48. The number of phenols is 1. The Morgan fingerprint density at radius 2 is 2.00 bits per heavy atom. The Kier molecular flexibility index (Phi) is 5.91. The van der Waals surface area contributed by atoms with Crippen molar-refractivity contribution in [3.63, 3.8) is 0 Å². The normalized spacial score (nSPS) is 32.0. The minimum Gasteiger partial charge on any atom is -0.508 e. The van der Waals surface area contributed by atoms with Gasteiger partial charge in [0, 0.05) is 41.1 Å². The third-order valence-electron chi connectivity index (χ3n) is 7.37. The number of carbonyl (C=O) groups excluding carboxylic acids is 2. The smallest absolute Gasteiger partial charge is 0.271 e. The fourth-order valence-electron chi connectivity index (χ4n) is 5.85. The van der Waals surface area contributed by atoms with Crippen LogP contribution in [0.25, 0.3) is 0 Å². The highest BCUT2D eigenvalue weighted by molar-refractivity contribution is 9.10. The summed E-state index contributed by atoms with van der Waals surface area (Å²) in [5.41, 5.74) is 0.346. The van der Waals surface area contributed by atoms with Crippen molar-refractivity contribution in [3.8, 4) is 5.75 Å². The molecule has 2 aromatic rings. The number of hydrogen-bond acceptors (Lipinski definition) is 8. The molecule has 35 heavy (non-hydrogen) atoms. The van der Waals surface area contributed by atoms with Crippen LogP contribution in [0.15, 0.2) is 46.9 Å². The van der Waals surface area contributed by atoms with Crippen molar-refractivity contribution in [3.05, 3.63) is 62.6 Å². The summed E-state index contributed by atoms with van der Waals surface area (Å²) in [4.78, 5) is 38.7. The third-order valence-corrected chi connectivity index (χ3v) is 7.86. The number of aliphatic hydroxyl groups is 1. The number of non-ortho nitro benzene ring substituents is 1. The first-order valence-corrected chi connectivity index (χ1v) is 11.9. The van der Waals surface area contributed by atoms with Crippen LogP contribution in [0.5, 0.6) is 5.75 Å². The van der Waals surface area contributed by atoms with Gasteiger partial charge in [-0.3, -0.25) is 19.7 Å². The number of nitro groups is 1. The zero-order valence-corrected chi connectivity index (χ0v) is 20.3. The average Bonchev–Trinajstić information content (AvgIpc) is 3.30. The lowest BCUT2D eigenvalue weighted by Crippen LogP contribution is -2.54. The van der Waals surface area contributed by atoms with Gasteiger partial charge < -0.3 is 19.7 Å². The molecule has 1 saturated carbocycles. The number of methoxy groups -OCH3 is 1. The third kappa shape index (κ3) is 3.74. The summed E-state index contributed by atoms with van der Waals surface area (Å²) in [6, 6.07) is 10.3. The first kappa shape index (κ1) is 23.9. The lowest BCUT2D eigenvalue weighted by molar-refractivity contribution is -0.384. The number of carbonyl (C=O) groups is 2. The van der Waals surface area contributed by atoms with E-state index in [0.29, 0.717) is 10.0 Å². The van der Waals surface area contributed by atoms with E-state index in [1.165, 1.54) is 37.4 Å². The molecule has 3 aliphatic rings. The molecule has 184 valence electrons. The number of anilines is 1. The second-order valence-electron chi connectivity index (χ2n) is 9.21. The molecule has 2 saturated heterocycles. The fourth-order valence-corrected chi connectivity index (χ4v) is 6.23. The largest absolute Gasteiger partial charge is 0.508 e. The molecular weight excluding hydrogens is 524 g/mol. The van der Waals surface area contributed by atoms with Crippen LogP contribution in [-0.2, 0) is 19.1 Å². The average molecular weight is 547 g/mol. The molecule has 11 heteroatoms. The Morgan fingerprint density at radius 1 is 1.23 bits per heavy atom. The number of imide groups is 1. The SMILES string of the molecule is COC[C@H]1C[C@@H]2C(=O)N(c3cccc([N+](=O)[O-])c3)C(=O)[C@@H]2[C@@H]2C[C@@H](c3cc(Br)ccc3O)O[C@]12O. The topological polar surface area (TPSA) is 139 Å². The summed E-state index contributed by atoms with van der Waals surface area (Å²) >= 11 is 3.38. The van der Waals surface area contributed by atoms with Crippen molar-refractivity contribution in [1.29, 1.82) is 0 Å². The van der Waals surface area contributed by atoms with Crippen molar-refractivity contribution < 1.29 is 34.2 Å². The number of halogens is 1. The molecule has 6 atom stereocenters. The van der Waals surface area contributed by atoms with E-state index < -0.39 is 52.3 Å². The number of nitrogens with zero attached hydrogens (tertiary/aromatic N) is 2. The minimum atomic E-state index is -1.76. The predicted molar refractivity (Wildman–Crippen MR) is 125 cm³/mol. The molecule has 1 aliphatic carbocycles. The molecule has 2 aliphatic heterocycles. The van der Waals surface area contributed by atoms with E-state index in [2.05, 4.69) is 15.9 Å². The monoisotopic (exact) mass is 546 g/mol. The summed E-state index contributed by atoms with van der Waals surface area (Å²) in [5.74, 6) is -5.70. The molecule has 0 bridgehead atoms. The summed E-state index contributed by atoms with van der Waals surface area (Å²) in [6.07, 6.45) is -0.363. The van der Waals surface area contributed by atoms with E-state index in [1.54, 1.807) is 12.1 Å². The minimum absolute atomic E-state index is 0.00710. The van der Waals surface area contributed by atoms with Crippen LogP contribution in [0, 0.1) is 33.8 Å². The van der Waals surface area contributed by atoms with Crippen molar-refractivity contribution in [2.45, 2.75) is 24.7 Å². The van der Waals surface area contributed by atoms with Crippen LogP contribution in [0.4, 0.5) is 11.4 Å². The van der Waals surface area contributed by atoms with Gasteiger partial charge in [0.2, 0.25) is 11.8 Å². The lowest BCUT2D eigenvalue weighted by Gasteiger charge is -2.44. The number of ether oxygens (including phenoxy) is 2. The Bertz CT molecular complexity index is 1220. The maximum atomic E-state index is 13.6. The van der Waals surface area contributed by atoms with E-state index in [9.17, 15) is 29.9 Å².